The summed E-state index contributed by atoms with van der Waals surface area (Å²) in [5.74, 6) is -0.210. The van der Waals surface area contributed by atoms with E-state index in [1.165, 1.54) is 6.20 Å². The minimum atomic E-state index is -0.819. The molecule has 1 amide bonds. The fourth-order valence-corrected chi connectivity index (χ4v) is 1.22. The van der Waals surface area contributed by atoms with Crippen LogP contribution in [0.15, 0.2) is 12.3 Å². The Hall–Kier alpha value is -1.89. The number of carbonyl (C=O) groups excluding carboxylic acids is 1. The molecule has 0 aliphatic rings. The lowest BCUT2D eigenvalue weighted by molar-refractivity contribution is -0.384. The molecule has 1 aromatic rings. The summed E-state index contributed by atoms with van der Waals surface area (Å²) in [6.07, 6.45) is 0.377. The first-order valence-electron chi connectivity index (χ1n) is 4.99. The van der Waals surface area contributed by atoms with E-state index in [9.17, 15) is 14.9 Å². The van der Waals surface area contributed by atoms with E-state index >= 15 is 0 Å². The van der Waals surface area contributed by atoms with E-state index in [1.54, 1.807) is 20.8 Å². The lowest BCUT2D eigenvalue weighted by atomic mass is 10.2. The smallest absolute Gasteiger partial charge is 0.413 e. The Kier molecular flexibility index (Phi) is 4.07. The standard InChI is InChI=1S/C10H12ClN3O4/c1-10(2,3)18-9(15)13-8-7(14(16)17)4-6(11)5-12-8/h4-5H,1-3H3,(H,12,13,15). The Bertz CT molecular complexity index is 485. The van der Waals surface area contributed by atoms with Gasteiger partial charge in [-0.2, -0.15) is 0 Å². The topological polar surface area (TPSA) is 94.4 Å². The third-order valence-corrected chi connectivity index (χ3v) is 1.86. The van der Waals surface area contributed by atoms with Crippen molar-refractivity contribution in [2.24, 2.45) is 0 Å². The molecule has 1 rings (SSSR count). The van der Waals surface area contributed by atoms with Gasteiger partial charge in [0.2, 0.25) is 5.82 Å². The van der Waals surface area contributed by atoms with Crippen LogP contribution in [-0.2, 0) is 4.74 Å². The Morgan fingerprint density at radius 1 is 1.56 bits per heavy atom. The predicted molar refractivity (Wildman–Crippen MR) is 65.8 cm³/mol. The van der Waals surface area contributed by atoms with Crippen LogP contribution in [0.4, 0.5) is 16.3 Å². The number of halogens is 1. The maximum Gasteiger partial charge on any atom is 0.413 e. The van der Waals surface area contributed by atoms with E-state index in [4.69, 9.17) is 16.3 Å². The summed E-state index contributed by atoms with van der Waals surface area (Å²) >= 11 is 5.59. The second-order valence-electron chi connectivity index (χ2n) is 4.41. The van der Waals surface area contributed by atoms with Crippen LogP contribution in [0.2, 0.25) is 5.02 Å². The first-order valence-corrected chi connectivity index (χ1v) is 5.37. The molecule has 0 fully saturated rings. The van der Waals surface area contributed by atoms with Crippen molar-refractivity contribution in [3.63, 3.8) is 0 Å². The van der Waals surface area contributed by atoms with Crippen molar-refractivity contribution >= 4 is 29.2 Å². The zero-order valence-corrected chi connectivity index (χ0v) is 10.8. The van der Waals surface area contributed by atoms with E-state index in [0.29, 0.717) is 0 Å². The van der Waals surface area contributed by atoms with Crippen LogP contribution in [-0.4, -0.2) is 21.6 Å². The van der Waals surface area contributed by atoms with Crippen molar-refractivity contribution in [2.45, 2.75) is 26.4 Å². The molecule has 0 radical (unpaired) electrons. The highest BCUT2D eigenvalue weighted by atomic mass is 35.5. The molecular weight excluding hydrogens is 262 g/mol. The zero-order chi connectivity index (χ0) is 13.9. The molecule has 1 aromatic heterocycles. The van der Waals surface area contributed by atoms with Crippen LogP contribution in [0.5, 0.6) is 0 Å². The lowest BCUT2D eigenvalue weighted by Gasteiger charge is -2.19. The Morgan fingerprint density at radius 3 is 2.67 bits per heavy atom. The first-order chi connectivity index (χ1) is 8.19. The quantitative estimate of drug-likeness (QED) is 0.660. The van der Waals surface area contributed by atoms with Crippen LogP contribution in [0, 0.1) is 10.1 Å². The molecule has 98 valence electrons. The summed E-state index contributed by atoms with van der Waals surface area (Å²) in [5, 5.41) is 13.1. The molecule has 0 aromatic carbocycles. The number of aromatic nitrogens is 1. The number of hydrogen-bond donors (Lipinski definition) is 1. The van der Waals surface area contributed by atoms with Crippen molar-refractivity contribution < 1.29 is 14.5 Å². The van der Waals surface area contributed by atoms with Crippen molar-refractivity contribution in [3.05, 3.63) is 27.4 Å². The number of rotatable bonds is 2. The monoisotopic (exact) mass is 273 g/mol. The summed E-state index contributed by atoms with van der Waals surface area (Å²) in [6.45, 7) is 5.03. The normalized spacial score (nSPS) is 10.9. The fourth-order valence-electron chi connectivity index (χ4n) is 1.06. The molecule has 0 atom stereocenters. The number of hydrogen-bond acceptors (Lipinski definition) is 5. The van der Waals surface area contributed by atoms with Gasteiger partial charge in [-0.05, 0) is 20.8 Å². The van der Waals surface area contributed by atoms with E-state index < -0.39 is 22.3 Å². The van der Waals surface area contributed by atoms with Crippen LogP contribution < -0.4 is 5.32 Å². The van der Waals surface area contributed by atoms with Crippen molar-refractivity contribution in [1.29, 1.82) is 0 Å². The maximum atomic E-state index is 11.5. The molecule has 0 spiro atoms. The van der Waals surface area contributed by atoms with Gasteiger partial charge in [-0.1, -0.05) is 11.6 Å². The average molecular weight is 274 g/mol. The van der Waals surface area contributed by atoms with Gasteiger partial charge in [-0.3, -0.25) is 15.4 Å². The Balaban J connectivity index is 2.91. The minimum Gasteiger partial charge on any atom is -0.444 e. The molecule has 0 saturated heterocycles. The summed E-state index contributed by atoms with van der Waals surface area (Å²) in [7, 11) is 0. The number of carbonyl (C=O) groups is 1. The van der Waals surface area contributed by atoms with Crippen LogP contribution in [0.3, 0.4) is 0 Å². The number of amides is 1. The maximum absolute atomic E-state index is 11.5. The number of nitrogens with one attached hydrogen (secondary N) is 1. The third kappa shape index (κ3) is 4.17. The number of ether oxygens (including phenoxy) is 1. The second-order valence-corrected chi connectivity index (χ2v) is 4.84. The van der Waals surface area contributed by atoms with Crippen LogP contribution >= 0.6 is 11.6 Å². The van der Waals surface area contributed by atoms with E-state index in [2.05, 4.69) is 10.3 Å². The van der Waals surface area contributed by atoms with E-state index in [0.717, 1.165) is 6.07 Å². The number of nitrogens with zero attached hydrogens (tertiary/aromatic N) is 2. The molecule has 8 heteroatoms. The molecule has 0 aliphatic carbocycles. The van der Waals surface area contributed by atoms with Gasteiger partial charge in [-0.25, -0.2) is 9.78 Å². The van der Waals surface area contributed by atoms with Crippen molar-refractivity contribution in [1.82, 2.24) is 4.98 Å². The highest BCUT2D eigenvalue weighted by Gasteiger charge is 2.21. The van der Waals surface area contributed by atoms with E-state index in [1.807, 2.05) is 0 Å². The zero-order valence-electron chi connectivity index (χ0n) is 10.1. The molecule has 0 aliphatic heterocycles. The Labute approximate surface area is 108 Å². The van der Waals surface area contributed by atoms with Crippen LogP contribution in [0.1, 0.15) is 20.8 Å². The highest BCUT2D eigenvalue weighted by Crippen LogP contribution is 2.25. The predicted octanol–water partition coefficient (Wildman–Crippen LogP) is 2.99. The van der Waals surface area contributed by atoms with Gasteiger partial charge in [0.15, 0.2) is 0 Å². The number of nitro groups is 1. The van der Waals surface area contributed by atoms with Gasteiger partial charge in [0, 0.05) is 12.3 Å². The van der Waals surface area contributed by atoms with Gasteiger partial charge in [0.05, 0.1) is 9.95 Å². The molecule has 0 saturated carbocycles. The molecular formula is C10H12ClN3O4. The first kappa shape index (κ1) is 14.2. The lowest BCUT2D eigenvalue weighted by Crippen LogP contribution is -2.27. The van der Waals surface area contributed by atoms with Gasteiger partial charge in [-0.15, -0.1) is 0 Å². The van der Waals surface area contributed by atoms with Gasteiger partial charge in [0.1, 0.15) is 5.60 Å². The van der Waals surface area contributed by atoms with Crippen LogP contribution in [0.25, 0.3) is 0 Å². The van der Waals surface area contributed by atoms with Gasteiger partial charge >= 0.3 is 11.8 Å². The highest BCUT2D eigenvalue weighted by molar-refractivity contribution is 6.30. The second kappa shape index (κ2) is 5.18. The molecule has 0 bridgehead atoms. The summed E-state index contributed by atoms with van der Waals surface area (Å²) in [6, 6.07) is 1.10. The van der Waals surface area contributed by atoms with Gasteiger partial charge < -0.3 is 4.74 Å². The number of pyridine rings is 1. The van der Waals surface area contributed by atoms with Crippen molar-refractivity contribution in [3.8, 4) is 0 Å². The summed E-state index contributed by atoms with van der Waals surface area (Å²) < 4.78 is 4.96. The summed E-state index contributed by atoms with van der Waals surface area (Å²) in [4.78, 5) is 25.2. The third-order valence-electron chi connectivity index (χ3n) is 1.65. The summed E-state index contributed by atoms with van der Waals surface area (Å²) in [5.41, 5.74) is -1.10. The largest absolute Gasteiger partial charge is 0.444 e. The molecule has 18 heavy (non-hydrogen) atoms. The van der Waals surface area contributed by atoms with Gasteiger partial charge in [0.25, 0.3) is 0 Å². The molecule has 7 nitrogen and oxygen atoms in total. The SMILES string of the molecule is CC(C)(C)OC(=O)Nc1ncc(Cl)cc1[N+](=O)[O-]. The molecule has 1 N–H and O–H groups in total. The van der Waals surface area contributed by atoms with E-state index in [-0.39, 0.29) is 10.8 Å². The average Bonchev–Trinajstić information content (AvgIpc) is 2.17. The molecule has 0 unspecified atom stereocenters. The number of anilines is 1. The fraction of sp³-hybridized carbons (Fsp3) is 0.400. The molecule has 1 heterocycles. The van der Waals surface area contributed by atoms with Crippen molar-refractivity contribution in [2.75, 3.05) is 5.32 Å². The minimum absolute atomic E-state index is 0.108. The Morgan fingerprint density at radius 2 is 2.17 bits per heavy atom.